The van der Waals surface area contributed by atoms with Gasteiger partial charge in [0.25, 0.3) is 5.56 Å². The quantitative estimate of drug-likeness (QED) is 0.720. The fourth-order valence-corrected chi connectivity index (χ4v) is 3.18. The Labute approximate surface area is 138 Å². The average molecular weight is 327 g/mol. The number of ether oxygens (including phenoxy) is 1. The van der Waals surface area contributed by atoms with Gasteiger partial charge in [0.2, 0.25) is 0 Å². The molecule has 0 bridgehead atoms. The number of aromatic nitrogens is 2. The molecular formula is C18H15ClN2O2. The van der Waals surface area contributed by atoms with Gasteiger partial charge in [-0.3, -0.25) is 9.36 Å². The molecule has 0 saturated heterocycles. The van der Waals surface area contributed by atoms with Gasteiger partial charge in [0, 0.05) is 17.6 Å². The molecule has 1 aromatic carbocycles. The number of hydrogen-bond acceptors (Lipinski definition) is 3. The molecule has 3 aromatic rings. The SMILES string of the molecule is CCC1Cc2c(c3cccnc3n(-c3ccc(Cl)cc3)c2=O)O1. The molecule has 0 radical (unpaired) electrons. The van der Waals surface area contributed by atoms with Crippen LogP contribution in [0.2, 0.25) is 5.02 Å². The second-order valence-corrected chi connectivity index (χ2v) is 6.09. The van der Waals surface area contributed by atoms with E-state index in [-0.39, 0.29) is 11.7 Å². The molecule has 4 nitrogen and oxygen atoms in total. The van der Waals surface area contributed by atoms with Crippen LogP contribution in [0.3, 0.4) is 0 Å². The van der Waals surface area contributed by atoms with Crippen LogP contribution in [0, 0.1) is 0 Å². The maximum atomic E-state index is 13.0. The van der Waals surface area contributed by atoms with E-state index in [1.807, 2.05) is 24.3 Å². The van der Waals surface area contributed by atoms with Crippen LogP contribution in [0.4, 0.5) is 0 Å². The summed E-state index contributed by atoms with van der Waals surface area (Å²) in [4.78, 5) is 17.5. The first-order valence-electron chi connectivity index (χ1n) is 7.64. The summed E-state index contributed by atoms with van der Waals surface area (Å²) in [6.45, 7) is 2.06. The zero-order valence-electron chi connectivity index (χ0n) is 12.6. The molecule has 2 aromatic heterocycles. The molecule has 5 heteroatoms. The molecule has 3 heterocycles. The number of hydrogen-bond donors (Lipinski definition) is 0. The molecule has 4 rings (SSSR count). The van der Waals surface area contributed by atoms with Gasteiger partial charge in [-0.1, -0.05) is 18.5 Å². The van der Waals surface area contributed by atoms with Crippen molar-refractivity contribution in [2.75, 3.05) is 0 Å². The lowest BCUT2D eigenvalue weighted by Crippen LogP contribution is -2.23. The van der Waals surface area contributed by atoms with Crippen molar-refractivity contribution < 1.29 is 4.74 Å². The topological polar surface area (TPSA) is 44.1 Å². The van der Waals surface area contributed by atoms with Gasteiger partial charge < -0.3 is 4.74 Å². The number of rotatable bonds is 2. The molecule has 0 spiro atoms. The highest BCUT2D eigenvalue weighted by Crippen LogP contribution is 2.35. The summed E-state index contributed by atoms with van der Waals surface area (Å²) in [5.74, 6) is 0.690. The van der Waals surface area contributed by atoms with E-state index in [1.54, 1.807) is 22.9 Å². The van der Waals surface area contributed by atoms with Gasteiger partial charge in [0.05, 0.1) is 16.6 Å². The number of benzene rings is 1. The minimum absolute atomic E-state index is 0.0576. The Bertz CT molecular complexity index is 948. The molecule has 0 N–H and O–H groups in total. The van der Waals surface area contributed by atoms with Crippen molar-refractivity contribution in [2.24, 2.45) is 0 Å². The van der Waals surface area contributed by atoms with Gasteiger partial charge in [-0.2, -0.15) is 0 Å². The highest BCUT2D eigenvalue weighted by atomic mass is 35.5. The highest BCUT2D eigenvalue weighted by Gasteiger charge is 2.29. The van der Waals surface area contributed by atoms with Crippen LogP contribution < -0.4 is 10.3 Å². The maximum Gasteiger partial charge on any atom is 0.263 e. The molecule has 23 heavy (non-hydrogen) atoms. The monoisotopic (exact) mass is 326 g/mol. The summed E-state index contributed by atoms with van der Waals surface area (Å²) >= 11 is 5.97. The average Bonchev–Trinajstić information content (AvgIpc) is 3.02. The van der Waals surface area contributed by atoms with Crippen molar-refractivity contribution >= 4 is 22.6 Å². The molecule has 1 aliphatic rings. The van der Waals surface area contributed by atoms with E-state index in [4.69, 9.17) is 16.3 Å². The predicted molar refractivity (Wildman–Crippen MR) is 90.8 cm³/mol. The van der Waals surface area contributed by atoms with Crippen LogP contribution in [0.5, 0.6) is 5.75 Å². The lowest BCUT2D eigenvalue weighted by Gasteiger charge is -2.13. The summed E-state index contributed by atoms with van der Waals surface area (Å²) < 4.78 is 7.63. The maximum absolute atomic E-state index is 13.0. The number of halogens is 1. The van der Waals surface area contributed by atoms with Gasteiger partial charge in [-0.05, 0) is 42.8 Å². The Balaban J connectivity index is 2.06. The van der Waals surface area contributed by atoms with Gasteiger partial charge in [0.1, 0.15) is 11.9 Å². The Morgan fingerprint density at radius 3 is 2.83 bits per heavy atom. The third kappa shape index (κ3) is 2.21. The van der Waals surface area contributed by atoms with Crippen molar-refractivity contribution in [1.29, 1.82) is 0 Å². The zero-order chi connectivity index (χ0) is 16.0. The van der Waals surface area contributed by atoms with E-state index in [2.05, 4.69) is 11.9 Å². The van der Waals surface area contributed by atoms with Gasteiger partial charge in [-0.15, -0.1) is 0 Å². The second kappa shape index (κ2) is 5.39. The van der Waals surface area contributed by atoms with E-state index in [0.717, 1.165) is 23.1 Å². The largest absolute Gasteiger partial charge is 0.489 e. The molecule has 0 aliphatic carbocycles. The van der Waals surface area contributed by atoms with E-state index >= 15 is 0 Å². The molecule has 1 atom stereocenters. The Morgan fingerprint density at radius 2 is 2.09 bits per heavy atom. The lowest BCUT2D eigenvalue weighted by molar-refractivity contribution is 0.230. The van der Waals surface area contributed by atoms with Crippen LogP contribution in [-0.4, -0.2) is 15.7 Å². The van der Waals surface area contributed by atoms with Crippen LogP contribution in [0.1, 0.15) is 18.9 Å². The van der Waals surface area contributed by atoms with Crippen molar-refractivity contribution in [3.8, 4) is 11.4 Å². The summed E-state index contributed by atoms with van der Waals surface area (Å²) in [7, 11) is 0. The number of pyridine rings is 2. The zero-order valence-corrected chi connectivity index (χ0v) is 13.4. The standard InChI is InChI=1S/C18H15ClN2O2/c1-2-13-10-15-16(23-13)14-4-3-9-20-17(14)21(18(15)22)12-7-5-11(19)6-8-12/h3-9,13H,2,10H2,1H3. The summed E-state index contributed by atoms with van der Waals surface area (Å²) in [5.41, 5.74) is 2.03. The van der Waals surface area contributed by atoms with Gasteiger partial charge >= 0.3 is 0 Å². The molecule has 1 aliphatic heterocycles. The fraction of sp³-hybridized carbons (Fsp3) is 0.222. The van der Waals surface area contributed by atoms with Gasteiger partial charge in [0.15, 0.2) is 5.65 Å². The third-order valence-electron chi connectivity index (χ3n) is 4.23. The fourth-order valence-electron chi connectivity index (χ4n) is 3.05. The van der Waals surface area contributed by atoms with Crippen molar-refractivity contribution in [3.05, 3.63) is 63.5 Å². The molecule has 1 unspecified atom stereocenters. The Kier molecular flexibility index (Phi) is 3.34. The lowest BCUT2D eigenvalue weighted by atomic mass is 10.1. The van der Waals surface area contributed by atoms with Crippen LogP contribution in [0.25, 0.3) is 16.7 Å². The Hall–Kier alpha value is -2.33. The molecule has 0 fully saturated rings. The molecule has 0 saturated carbocycles. The normalized spacial score (nSPS) is 16.3. The molecule has 116 valence electrons. The smallest absolute Gasteiger partial charge is 0.263 e. The summed E-state index contributed by atoms with van der Waals surface area (Å²) in [6, 6.07) is 11.0. The van der Waals surface area contributed by atoms with Crippen molar-refractivity contribution in [2.45, 2.75) is 25.9 Å². The minimum Gasteiger partial charge on any atom is -0.489 e. The first kappa shape index (κ1) is 14.3. The minimum atomic E-state index is -0.0653. The predicted octanol–water partition coefficient (Wildman–Crippen LogP) is 3.75. The van der Waals surface area contributed by atoms with Crippen molar-refractivity contribution in [3.63, 3.8) is 0 Å². The van der Waals surface area contributed by atoms with Gasteiger partial charge in [-0.25, -0.2) is 4.98 Å². The molecule has 0 amide bonds. The Morgan fingerprint density at radius 1 is 1.30 bits per heavy atom. The van der Waals surface area contributed by atoms with E-state index in [9.17, 15) is 4.79 Å². The molecular weight excluding hydrogens is 312 g/mol. The van der Waals surface area contributed by atoms with E-state index in [1.165, 1.54) is 0 Å². The first-order valence-corrected chi connectivity index (χ1v) is 8.02. The van der Waals surface area contributed by atoms with Crippen molar-refractivity contribution in [1.82, 2.24) is 9.55 Å². The van der Waals surface area contributed by atoms with Crippen LogP contribution in [-0.2, 0) is 6.42 Å². The number of fused-ring (bicyclic) bond motifs is 3. The van der Waals surface area contributed by atoms with Crippen LogP contribution >= 0.6 is 11.6 Å². The van der Waals surface area contributed by atoms with E-state index in [0.29, 0.717) is 22.8 Å². The van der Waals surface area contributed by atoms with Crippen LogP contribution in [0.15, 0.2) is 47.4 Å². The number of nitrogens with zero attached hydrogens (tertiary/aromatic N) is 2. The highest BCUT2D eigenvalue weighted by molar-refractivity contribution is 6.30. The summed E-state index contributed by atoms with van der Waals surface area (Å²) in [5, 5.41) is 1.50. The first-order chi connectivity index (χ1) is 11.2. The van der Waals surface area contributed by atoms with E-state index < -0.39 is 0 Å². The third-order valence-corrected chi connectivity index (χ3v) is 4.49. The second-order valence-electron chi connectivity index (χ2n) is 5.65. The summed E-state index contributed by atoms with van der Waals surface area (Å²) in [6.07, 6.45) is 3.26.